The van der Waals surface area contributed by atoms with Crippen molar-refractivity contribution in [3.8, 4) is 0 Å². The van der Waals surface area contributed by atoms with Gasteiger partial charge in [0.05, 0.1) is 22.8 Å². The highest BCUT2D eigenvalue weighted by atomic mass is 127. The highest BCUT2D eigenvalue weighted by Crippen LogP contribution is 2.32. The van der Waals surface area contributed by atoms with Crippen LogP contribution in [0, 0.1) is 3.57 Å². The lowest BCUT2D eigenvalue weighted by Gasteiger charge is -2.12. The Hall–Kier alpha value is -2.43. The van der Waals surface area contributed by atoms with E-state index in [2.05, 4.69) is 10.4 Å². The molecule has 26 heavy (non-hydrogen) atoms. The normalized spacial score (nSPS) is 11.5. The third-order valence-corrected chi connectivity index (χ3v) is 4.56. The zero-order valence-corrected chi connectivity index (χ0v) is 15.2. The third-order valence-electron chi connectivity index (χ3n) is 3.62. The second-order valence-electron chi connectivity index (χ2n) is 5.44. The molecule has 0 saturated heterocycles. The average Bonchev–Trinajstić information content (AvgIpc) is 2.58. The van der Waals surface area contributed by atoms with Gasteiger partial charge in [-0.2, -0.15) is 18.3 Å². The van der Waals surface area contributed by atoms with E-state index in [1.54, 1.807) is 24.3 Å². The van der Waals surface area contributed by atoms with E-state index in [0.29, 0.717) is 14.3 Å². The quantitative estimate of drug-likeness (QED) is 0.591. The lowest BCUT2D eigenvalue weighted by atomic mass is 10.2. The molecule has 0 spiro atoms. The molecular formula is C17H11F3IN3O2. The first-order chi connectivity index (χ1) is 12.3. The molecule has 0 radical (unpaired) electrons. The highest BCUT2D eigenvalue weighted by molar-refractivity contribution is 14.1. The molecule has 9 heteroatoms. The van der Waals surface area contributed by atoms with E-state index in [1.807, 2.05) is 22.6 Å². The van der Waals surface area contributed by atoms with Crippen LogP contribution in [-0.4, -0.2) is 15.7 Å². The first-order valence-corrected chi connectivity index (χ1v) is 8.45. The summed E-state index contributed by atoms with van der Waals surface area (Å²) in [6.07, 6.45) is -3.06. The summed E-state index contributed by atoms with van der Waals surface area (Å²) in [7, 11) is 0. The number of alkyl halides is 3. The van der Waals surface area contributed by atoms with E-state index in [0.717, 1.165) is 16.8 Å². The molecule has 1 aromatic heterocycles. The lowest BCUT2D eigenvalue weighted by Crippen LogP contribution is -2.29. The molecule has 0 saturated carbocycles. The van der Waals surface area contributed by atoms with Crippen LogP contribution in [0.25, 0.3) is 10.8 Å². The third kappa shape index (κ3) is 3.87. The number of anilines is 1. The summed E-state index contributed by atoms with van der Waals surface area (Å²) in [5.41, 5.74) is -1.29. The molecule has 1 N–H and O–H groups in total. The minimum Gasteiger partial charge on any atom is -0.323 e. The standard InChI is InChI=1S/C17H11F3IN3O2/c18-17(19,20)11-5-6-13(21)14(7-11)23-15(25)9-24-16(26)12-4-2-1-3-10(12)8-22-24/h1-8H,9H2,(H,23,25). The zero-order valence-electron chi connectivity index (χ0n) is 13.0. The fraction of sp³-hybridized carbons (Fsp3) is 0.118. The number of halogens is 4. The van der Waals surface area contributed by atoms with Crippen molar-refractivity contribution in [2.75, 3.05) is 5.32 Å². The number of carbonyl (C=O) groups excluding carboxylic acids is 1. The number of nitrogens with zero attached hydrogens (tertiary/aromatic N) is 2. The molecule has 5 nitrogen and oxygen atoms in total. The fourth-order valence-electron chi connectivity index (χ4n) is 2.36. The van der Waals surface area contributed by atoms with Crippen LogP contribution >= 0.6 is 22.6 Å². The fourth-order valence-corrected chi connectivity index (χ4v) is 2.83. The summed E-state index contributed by atoms with van der Waals surface area (Å²) >= 11 is 1.82. The summed E-state index contributed by atoms with van der Waals surface area (Å²) in [5, 5.41) is 7.38. The number of benzene rings is 2. The molecule has 0 bridgehead atoms. The van der Waals surface area contributed by atoms with Gasteiger partial charge in [0.25, 0.3) is 5.56 Å². The van der Waals surface area contributed by atoms with Crippen LogP contribution in [-0.2, 0) is 17.5 Å². The summed E-state index contributed by atoms with van der Waals surface area (Å²) in [6.45, 7) is -0.407. The van der Waals surface area contributed by atoms with Crippen LogP contribution in [0.1, 0.15) is 5.56 Å². The molecule has 0 fully saturated rings. The van der Waals surface area contributed by atoms with Crippen molar-refractivity contribution in [1.82, 2.24) is 9.78 Å². The van der Waals surface area contributed by atoms with Gasteiger partial charge in [0.1, 0.15) is 6.54 Å². The Morgan fingerprint density at radius 1 is 1.19 bits per heavy atom. The van der Waals surface area contributed by atoms with E-state index in [-0.39, 0.29) is 5.69 Å². The van der Waals surface area contributed by atoms with Gasteiger partial charge in [-0.25, -0.2) is 4.68 Å². The van der Waals surface area contributed by atoms with Gasteiger partial charge in [0, 0.05) is 8.96 Å². The second kappa shape index (κ2) is 7.06. The van der Waals surface area contributed by atoms with Crippen molar-refractivity contribution in [3.05, 3.63) is 68.1 Å². The molecule has 3 rings (SSSR count). The lowest BCUT2D eigenvalue weighted by molar-refractivity contribution is -0.137. The van der Waals surface area contributed by atoms with Crippen molar-refractivity contribution in [1.29, 1.82) is 0 Å². The molecule has 0 aliphatic carbocycles. The predicted molar refractivity (Wildman–Crippen MR) is 98.8 cm³/mol. The monoisotopic (exact) mass is 473 g/mol. The minimum atomic E-state index is -4.51. The van der Waals surface area contributed by atoms with E-state index >= 15 is 0 Å². The molecule has 3 aromatic rings. The highest BCUT2D eigenvalue weighted by Gasteiger charge is 2.31. The van der Waals surface area contributed by atoms with Gasteiger partial charge < -0.3 is 5.32 Å². The maximum atomic E-state index is 12.8. The van der Waals surface area contributed by atoms with Crippen molar-refractivity contribution in [2.45, 2.75) is 12.7 Å². The first-order valence-electron chi connectivity index (χ1n) is 7.37. The molecule has 0 atom stereocenters. The topological polar surface area (TPSA) is 64.0 Å². The maximum Gasteiger partial charge on any atom is 0.416 e. The number of aromatic nitrogens is 2. The van der Waals surface area contributed by atoms with Crippen LogP contribution in [0.15, 0.2) is 53.5 Å². The molecule has 1 amide bonds. The van der Waals surface area contributed by atoms with Crippen LogP contribution < -0.4 is 10.9 Å². The van der Waals surface area contributed by atoms with Gasteiger partial charge >= 0.3 is 6.18 Å². The molecule has 0 aliphatic rings. The first kappa shape index (κ1) is 18.4. The largest absolute Gasteiger partial charge is 0.416 e. The van der Waals surface area contributed by atoms with Crippen LogP contribution in [0.4, 0.5) is 18.9 Å². The van der Waals surface area contributed by atoms with Gasteiger partial charge in [-0.05, 0) is 46.9 Å². The average molecular weight is 473 g/mol. The number of rotatable bonds is 3. The maximum absolute atomic E-state index is 12.8. The number of hydrogen-bond acceptors (Lipinski definition) is 3. The van der Waals surface area contributed by atoms with Crippen LogP contribution in [0.5, 0.6) is 0 Å². The van der Waals surface area contributed by atoms with Gasteiger partial charge in [-0.1, -0.05) is 18.2 Å². The molecular weight excluding hydrogens is 462 g/mol. The number of nitrogens with one attached hydrogen (secondary N) is 1. The van der Waals surface area contributed by atoms with Crippen molar-refractivity contribution in [2.24, 2.45) is 0 Å². The molecule has 0 unspecified atom stereocenters. The van der Waals surface area contributed by atoms with Crippen LogP contribution in [0.2, 0.25) is 0 Å². The number of amides is 1. The minimum absolute atomic E-state index is 0.0271. The smallest absolute Gasteiger partial charge is 0.323 e. The molecule has 134 valence electrons. The van der Waals surface area contributed by atoms with Gasteiger partial charge in [0.2, 0.25) is 5.91 Å². The van der Waals surface area contributed by atoms with E-state index in [9.17, 15) is 22.8 Å². The van der Waals surface area contributed by atoms with Crippen molar-refractivity contribution < 1.29 is 18.0 Å². The van der Waals surface area contributed by atoms with E-state index in [4.69, 9.17) is 0 Å². The Morgan fingerprint density at radius 2 is 1.92 bits per heavy atom. The summed E-state index contributed by atoms with van der Waals surface area (Å²) in [6, 6.07) is 9.85. The Morgan fingerprint density at radius 3 is 2.65 bits per heavy atom. The zero-order chi connectivity index (χ0) is 18.9. The number of hydrogen-bond donors (Lipinski definition) is 1. The summed E-state index contributed by atoms with van der Waals surface area (Å²) in [5.74, 6) is -0.646. The Bertz CT molecular complexity index is 1050. The predicted octanol–water partition coefficient (Wildman–Crippen LogP) is 3.66. The van der Waals surface area contributed by atoms with Crippen molar-refractivity contribution >= 4 is 45.0 Å². The van der Waals surface area contributed by atoms with Crippen molar-refractivity contribution in [3.63, 3.8) is 0 Å². The Kier molecular flexibility index (Phi) is 4.99. The van der Waals surface area contributed by atoms with E-state index in [1.165, 1.54) is 12.3 Å². The summed E-state index contributed by atoms with van der Waals surface area (Å²) < 4.78 is 39.9. The van der Waals surface area contributed by atoms with Crippen LogP contribution in [0.3, 0.4) is 0 Å². The van der Waals surface area contributed by atoms with Gasteiger partial charge in [0.15, 0.2) is 0 Å². The number of carbonyl (C=O) groups is 1. The van der Waals surface area contributed by atoms with E-state index < -0.39 is 29.8 Å². The second-order valence-corrected chi connectivity index (χ2v) is 6.60. The van der Waals surface area contributed by atoms with Gasteiger partial charge in [-0.3, -0.25) is 9.59 Å². The van der Waals surface area contributed by atoms with Gasteiger partial charge in [-0.15, -0.1) is 0 Å². The SMILES string of the molecule is O=C(Cn1ncc2ccccc2c1=O)Nc1cc(C(F)(F)F)ccc1I. The molecule has 2 aromatic carbocycles. The molecule has 1 heterocycles. The number of fused-ring (bicyclic) bond motifs is 1. The Labute approximate surface area is 159 Å². The summed E-state index contributed by atoms with van der Waals surface area (Å²) in [4.78, 5) is 24.5. The Balaban J connectivity index is 1.84. The molecule has 0 aliphatic heterocycles.